The molecular weight excluding hydrogens is 626 g/mol. The molecule has 2 atom stereocenters. The number of rotatable bonds is 6. The Morgan fingerprint density at radius 1 is 1.29 bits per heavy atom. The van der Waals surface area contributed by atoms with E-state index in [2.05, 4.69) is 41.3 Å². The number of nitrogens with one attached hydrogen (secondary N) is 1. The molecule has 5 heterocycles. The maximum absolute atomic E-state index is 15.5. The van der Waals surface area contributed by atoms with Crippen molar-refractivity contribution in [3.63, 3.8) is 0 Å². The summed E-state index contributed by atoms with van der Waals surface area (Å²) in [7, 11) is 1.51. The van der Waals surface area contributed by atoms with Crippen LogP contribution in [0.1, 0.15) is 6.42 Å². The molecule has 38 heavy (non-hydrogen) atoms. The quantitative estimate of drug-likeness (QED) is 0.313. The largest absolute Gasteiger partial charge is 0.481 e. The smallest absolute Gasteiger partial charge is 0.414 e. The number of methoxy groups -OCH3 is 1. The Kier molecular flexibility index (Phi) is 6.90. The summed E-state index contributed by atoms with van der Waals surface area (Å²) in [4.78, 5) is 38.0. The topological polar surface area (TPSA) is 100 Å². The highest BCUT2D eigenvalue weighted by molar-refractivity contribution is 14.1. The third-order valence-corrected chi connectivity index (χ3v) is 8.80. The van der Waals surface area contributed by atoms with E-state index in [1.165, 1.54) is 25.1 Å². The molecule has 2 amide bonds. The average molecular weight is 650 g/mol. The van der Waals surface area contributed by atoms with Crippen LogP contribution in [0.25, 0.3) is 11.0 Å². The van der Waals surface area contributed by atoms with Crippen molar-refractivity contribution in [1.82, 2.24) is 13.1 Å². The number of amides is 2. The number of fused-ring (bicyclic) bond motifs is 2. The molecule has 10 nitrogen and oxygen atoms in total. The number of halogens is 2. The molecule has 0 spiro atoms. The Balaban J connectivity index is 1.31. The minimum atomic E-state index is -0.515. The molecule has 3 aliphatic heterocycles. The van der Waals surface area contributed by atoms with Gasteiger partial charge in [0.15, 0.2) is 5.82 Å². The zero-order chi connectivity index (χ0) is 26.4. The van der Waals surface area contributed by atoms with Crippen molar-refractivity contribution in [2.45, 2.75) is 23.5 Å². The van der Waals surface area contributed by atoms with Gasteiger partial charge in [-0.05, 0) is 30.7 Å². The zero-order valence-electron chi connectivity index (χ0n) is 20.4. The lowest BCUT2D eigenvalue weighted by Crippen LogP contribution is -2.43. The molecule has 1 aromatic carbocycles. The van der Waals surface area contributed by atoms with Crippen molar-refractivity contribution in [3.05, 3.63) is 42.3 Å². The Hall–Kier alpha value is -2.91. The number of carbonyl (C=O) groups is 2. The lowest BCUT2D eigenvalue weighted by molar-refractivity contribution is -0.113. The van der Waals surface area contributed by atoms with Gasteiger partial charge in [0.05, 0.1) is 43.4 Å². The number of anilines is 3. The van der Waals surface area contributed by atoms with Crippen molar-refractivity contribution >= 4 is 74.7 Å². The molecule has 0 saturated carbocycles. The second-order valence-corrected chi connectivity index (χ2v) is 11.7. The van der Waals surface area contributed by atoms with Crippen molar-refractivity contribution in [2.75, 3.05) is 54.2 Å². The summed E-state index contributed by atoms with van der Waals surface area (Å²) in [6.45, 7) is 2.15. The third kappa shape index (κ3) is 4.82. The second kappa shape index (κ2) is 10.3. The van der Waals surface area contributed by atoms with Gasteiger partial charge in [-0.1, -0.05) is 0 Å². The fourth-order valence-corrected chi connectivity index (χ4v) is 6.58. The molecular formula is C25H24FIN6O4S. The Morgan fingerprint density at radius 3 is 2.95 bits per heavy atom. The van der Waals surface area contributed by atoms with E-state index in [4.69, 9.17) is 9.47 Å². The molecule has 1 N–H and O–H groups in total. The number of hydrogen-bond donors (Lipinski definition) is 1. The summed E-state index contributed by atoms with van der Waals surface area (Å²) in [5.74, 6) is 0.167. The van der Waals surface area contributed by atoms with Gasteiger partial charge in [0.1, 0.15) is 17.3 Å². The monoisotopic (exact) mass is 650 g/mol. The predicted octanol–water partition coefficient (Wildman–Crippen LogP) is 4.08. The van der Waals surface area contributed by atoms with Gasteiger partial charge in [-0.15, -0.1) is 11.8 Å². The van der Waals surface area contributed by atoms with Crippen LogP contribution in [0.5, 0.6) is 5.88 Å². The van der Waals surface area contributed by atoms with Crippen LogP contribution in [0.4, 0.5) is 26.2 Å². The number of pyridine rings is 2. The van der Waals surface area contributed by atoms with Crippen LogP contribution in [0.3, 0.4) is 0 Å². The first kappa shape index (κ1) is 25.4. The Bertz CT molecular complexity index is 1430. The van der Waals surface area contributed by atoms with Crippen LogP contribution in [-0.4, -0.2) is 76.3 Å². The van der Waals surface area contributed by atoms with Gasteiger partial charge in [0.25, 0.3) is 0 Å². The maximum Gasteiger partial charge on any atom is 0.414 e. The van der Waals surface area contributed by atoms with E-state index in [1.54, 1.807) is 23.1 Å². The highest BCUT2D eigenvalue weighted by Crippen LogP contribution is 2.37. The molecule has 3 aliphatic rings. The summed E-state index contributed by atoms with van der Waals surface area (Å²) in [6.07, 6.45) is 1.04. The van der Waals surface area contributed by atoms with Gasteiger partial charge in [0.2, 0.25) is 11.8 Å². The van der Waals surface area contributed by atoms with Gasteiger partial charge in [-0.25, -0.2) is 17.3 Å². The molecule has 6 rings (SSSR count). The molecule has 13 heteroatoms. The highest BCUT2D eigenvalue weighted by Gasteiger charge is 2.38. The number of ether oxygens (including phenoxy) is 2. The van der Waals surface area contributed by atoms with Gasteiger partial charge in [0, 0.05) is 58.6 Å². The van der Waals surface area contributed by atoms with Crippen molar-refractivity contribution in [3.8, 4) is 5.88 Å². The first-order valence-electron chi connectivity index (χ1n) is 12.1. The lowest BCUT2D eigenvalue weighted by Gasteiger charge is -2.33. The lowest BCUT2D eigenvalue weighted by atomic mass is 10.1. The van der Waals surface area contributed by atoms with Gasteiger partial charge < -0.3 is 19.7 Å². The van der Waals surface area contributed by atoms with E-state index in [-0.39, 0.29) is 25.0 Å². The van der Waals surface area contributed by atoms with Crippen molar-refractivity contribution in [2.24, 2.45) is 0 Å². The average Bonchev–Trinajstić information content (AvgIpc) is 3.51. The van der Waals surface area contributed by atoms with E-state index >= 15 is 4.39 Å². The third-order valence-electron chi connectivity index (χ3n) is 6.85. The maximum atomic E-state index is 15.5. The van der Waals surface area contributed by atoms with E-state index < -0.39 is 18.0 Å². The summed E-state index contributed by atoms with van der Waals surface area (Å²) in [5.41, 5.74) is 2.60. The molecule has 2 unspecified atom stereocenters. The minimum Gasteiger partial charge on any atom is -0.481 e. The number of cyclic esters (lactones) is 1. The second-order valence-electron chi connectivity index (χ2n) is 9.27. The number of carbonyl (C=O) groups excluding carboxylic acids is 2. The minimum absolute atomic E-state index is 0.0104. The molecule has 3 aromatic rings. The SMILES string of the molecule is COc1ccc2ncc(F)c(N(CC3CN(c4ccc5c(c4)NC(=O)CS5)C(=O)O3)C3CCN(I)C3)c2n1. The molecule has 198 valence electrons. The van der Waals surface area contributed by atoms with Crippen LogP contribution in [-0.2, 0) is 9.53 Å². The first-order valence-corrected chi connectivity index (χ1v) is 14.1. The van der Waals surface area contributed by atoms with Crippen molar-refractivity contribution in [1.29, 1.82) is 0 Å². The fourth-order valence-electron chi connectivity index (χ4n) is 5.06. The number of benzene rings is 1. The molecule has 0 aliphatic carbocycles. The number of thioether (sulfide) groups is 1. The molecule has 2 aromatic heterocycles. The Labute approximate surface area is 236 Å². The fraction of sp³-hybridized carbons (Fsp3) is 0.360. The first-order chi connectivity index (χ1) is 18.4. The predicted molar refractivity (Wildman–Crippen MR) is 151 cm³/mol. The van der Waals surface area contributed by atoms with E-state index in [1.807, 2.05) is 17.0 Å². The van der Waals surface area contributed by atoms with Crippen LogP contribution in [0.2, 0.25) is 0 Å². The molecule has 2 fully saturated rings. The van der Waals surface area contributed by atoms with E-state index in [0.29, 0.717) is 39.7 Å². The number of nitrogens with zero attached hydrogens (tertiary/aromatic N) is 5. The van der Waals surface area contributed by atoms with Crippen LogP contribution in [0, 0.1) is 5.82 Å². The van der Waals surface area contributed by atoms with Gasteiger partial charge in [-0.3, -0.25) is 14.7 Å². The molecule has 2 saturated heterocycles. The van der Waals surface area contributed by atoms with Crippen molar-refractivity contribution < 1.29 is 23.5 Å². The molecule has 0 bridgehead atoms. The van der Waals surface area contributed by atoms with E-state index in [0.717, 1.165) is 24.4 Å². The summed E-state index contributed by atoms with van der Waals surface area (Å²) in [5, 5.41) is 2.86. The normalized spacial score (nSPS) is 21.4. The Morgan fingerprint density at radius 2 is 2.16 bits per heavy atom. The standard InChI is InChI=1S/C25H24FIN6O4S/c1-36-22-5-3-18-23(30-22)24(17(26)9-28-18)32(15-6-7-31(27)10-15)11-16-12-33(25(35)37-16)14-2-4-20-19(8-14)29-21(34)13-38-20/h2-5,8-9,15-16H,6-7,10-13H2,1H3,(H,29,34). The van der Waals surface area contributed by atoms with Crippen LogP contribution in [0.15, 0.2) is 41.4 Å². The number of hydrogen-bond acceptors (Lipinski definition) is 9. The summed E-state index contributed by atoms with van der Waals surface area (Å²) in [6, 6.07) is 8.97. The zero-order valence-corrected chi connectivity index (χ0v) is 23.4. The highest BCUT2D eigenvalue weighted by atomic mass is 127. The van der Waals surface area contributed by atoms with Gasteiger partial charge in [-0.2, -0.15) is 0 Å². The van der Waals surface area contributed by atoms with Crippen LogP contribution >= 0.6 is 34.6 Å². The summed E-state index contributed by atoms with van der Waals surface area (Å²) < 4.78 is 28.7. The van der Waals surface area contributed by atoms with Crippen LogP contribution < -0.4 is 19.9 Å². The summed E-state index contributed by atoms with van der Waals surface area (Å²) >= 11 is 3.74. The molecule has 0 radical (unpaired) electrons. The number of aromatic nitrogens is 2. The van der Waals surface area contributed by atoms with E-state index in [9.17, 15) is 9.59 Å². The van der Waals surface area contributed by atoms with Gasteiger partial charge >= 0.3 is 6.09 Å².